The molecule has 3 nitrogen and oxygen atoms in total. The molecule has 2 N–H and O–H groups in total. The van der Waals surface area contributed by atoms with Gasteiger partial charge in [0.15, 0.2) is 0 Å². The number of nitrogens with two attached hydrogens (primary N) is 1. The highest BCUT2D eigenvalue weighted by Gasteiger charge is 2.23. The van der Waals surface area contributed by atoms with Crippen LogP contribution in [0.15, 0.2) is 0 Å². The van der Waals surface area contributed by atoms with Crippen molar-refractivity contribution in [1.29, 1.82) is 0 Å². The Balaban J connectivity index is 3.29. The molecule has 0 bridgehead atoms. The standard InChI is InChI=1S/C11H19N3/c1-7-8(2)14-10(9(3)13-7)11(4,5)6-12/h6,12H2,1-5H3. The predicted molar refractivity (Wildman–Crippen MR) is 58.3 cm³/mol. The first-order valence-corrected chi connectivity index (χ1v) is 4.91. The number of aryl methyl sites for hydroxylation is 3. The van der Waals surface area contributed by atoms with Gasteiger partial charge < -0.3 is 5.73 Å². The van der Waals surface area contributed by atoms with E-state index in [2.05, 4.69) is 23.8 Å². The molecule has 1 rings (SSSR count). The van der Waals surface area contributed by atoms with E-state index in [4.69, 9.17) is 5.73 Å². The maximum Gasteiger partial charge on any atom is 0.0688 e. The average molecular weight is 193 g/mol. The Kier molecular flexibility index (Phi) is 2.90. The molecular formula is C11H19N3. The van der Waals surface area contributed by atoms with Crippen molar-refractivity contribution in [3.05, 3.63) is 22.8 Å². The highest BCUT2D eigenvalue weighted by molar-refractivity contribution is 5.24. The summed E-state index contributed by atoms with van der Waals surface area (Å²) in [5, 5.41) is 0. The molecule has 0 atom stereocenters. The van der Waals surface area contributed by atoms with Crippen molar-refractivity contribution >= 4 is 0 Å². The SMILES string of the molecule is Cc1nc(C)c(C(C)(C)CN)nc1C. The molecule has 0 unspecified atom stereocenters. The van der Waals surface area contributed by atoms with Gasteiger partial charge in [0, 0.05) is 12.0 Å². The first-order valence-electron chi connectivity index (χ1n) is 4.91. The molecule has 0 amide bonds. The van der Waals surface area contributed by atoms with E-state index in [0.717, 1.165) is 22.8 Å². The second-order valence-corrected chi connectivity index (χ2v) is 4.42. The molecule has 14 heavy (non-hydrogen) atoms. The first-order chi connectivity index (χ1) is 6.38. The van der Waals surface area contributed by atoms with E-state index in [1.807, 2.05) is 20.8 Å². The van der Waals surface area contributed by atoms with Crippen LogP contribution in [0.25, 0.3) is 0 Å². The lowest BCUT2D eigenvalue weighted by Gasteiger charge is -2.24. The molecule has 0 fully saturated rings. The van der Waals surface area contributed by atoms with Gasteiger partial charge in [-0.2, -0.15) is 0 Å². The van der Waals surface area contributed by atoms with Crippen LogP contribution in [0.4, 0.5) is 0 Å². The summed E-state index contributed by atoms with van der Waals surface area (Å²) in [6, 6.07) is 0. The van der Waals surface area contributed by atoms with E-state index in [0.29, 0.717) is 6.54 Å². The number of rotatable bonds is 2. The van der Waals surface area contributed by atoms with Crippen LogP contribution in [0, 0.1) is 20.8 Å². The molecule has 1 aromatic heterocycles. The van der Waals surface area contributed by atoms with Crippen LogP contribution >= 0.6 is 0 Å². The molecular weight excluding hydrogens is 174 g/mol. The van der Waals surface area contributed by atoms with E-state index in [9.17, 15) is 0 Å². The Morgan fingerprint density at radius 1 is 1.00 bits per heavy atom. The predicted octanol–water partition coefficient (Wildman–Crippen LogP) is 1.64. The number of aromatic nitrogens is 2. The van der Waals surface area contributed by atoms with Gasteiger partial charge in [-0.05, 0) is 20.8 Å². The summed E-state index contributed by atoms with van der Waals surface area (Å²) in [6.45, 7) is 10.7. The Labute approximate surface area is 85.8 Å². The van der Waals surface area contributed by atoms with Crippen LogP contribution < -0.4 is 5.73 Å². The zero-order valence-electron chi connectivity index (χ0n) is 9.68. The molecule has 3 heteroatoms. The summed E-state index contributed by atoms with van der Waals surface area (Å²) in [7, 11) is 0. The highest BCUT2D eigenvalue weighted by Crippen LogP contribution is 2.22. The highest BCUT2D eigenvalue weighted by atomic mass is 14.9. The maximum atomic E-state index is 5.73. The molecule has 1 heterocycles. The van der Waals surface area contributed by atoms with Gasteiger partial charge in [0.05, 0.1) is 22.8 Å². The normalized spacial score (nSPS) is 11.9. The lowest BCUT2D eigenvalue weighted by molar-refractivity contribution is 0.512. The van der Waals surface area contributed by atoms with E-state index < -0.39 is 0 Å². The minimum atomic E-state index is -0.0878. The molecule has 0 saturated carbocycles. The summed E-state index contributed by atoms with van der Waals surface area (Å²) in [5.74, 6) is 0. The number of hydrogen-bond donors (Lipinski definition) is 1. The summed E-state index contributed by atoms with van der Waals surface area (Å²) in [5.41, 5.74) is 9.64. The monoisotopic (exact) mass is 193 g/mol. The van der Waals surface area contributed by atoms with Crippen LogP contribution in [0.3, 0.4) is 0 Å². The topological polar surface area (TPSA) is 51.8 Å². The van der Waals surface area contributed by atoms with Crippen molar-refractivity contribution in [2.24, 2.45) is 5.73 Å². The minimum absolute atomic E-state index is 0.0878. The third-order valence-corrected chi connectivity index (χ3v) is 2.63. The molecule has 1 aromatic rings. The van der Waals surface area contributed by atoms with Gasteiger partial charge in [-0.3, -0.25) is 9.97 Å². The van der Waals surface area contributed by atoms with Crippen LogP contribution in [0.1, 0.15) is 36.6 Å². The Hall–Kier alpha value is -0.960. The van der Waals surface area contributed by atoms with Crippen molar-refractivity contribution in [3.63, 3.8) is 0 Å². The van der Waals surface area contributed by atoms with Crippen molar-refractivity contribution in [1.82, 2.24) is 9.97 Å². The molecule has 0 spiro atoms. The van der Waals surface area contributed by atoms with Gasteiger partial charge in [-0.15, -0.1) is 0 Å². The average Bonchev–Trinajstić information content (AvgIpc) is 2.11. The van der Waals surface area contributed by atoms with Gasteiger partial charge in [0.25, 0.3) is 0 Å². The van der Waals surface area contributed by atoms with Gasteiger partial charge in [0.2, 0.25) is 0 Å². The fourth-order valence-corrected chi connectivity index (χ4v) is 1.45. The van der Waals surface area contributed by atoms with Gasteiger partial charge in [-0.1, -0.05) is 13.8 Å². The van der Waals surface area contributed by atoms with Crippen LogP contribution in [-0.2, 0) is 5.41 Å². The van der Waals surface area contributed by atoms with Gasteiger partial charge >= 0.3 is 0 Å². The van der Waals surface area contributed by atoms with Crippen molar-refractivity contribution in [3.8, 4) is 0 Å². The molecule has 78 valence electrons. The molecule has 0 aliphatic carbocycles. The fraction of sp³-hybridized carbons (Fsp3) is 0.636. The lowest BCUT2D eigenvalue weighted by Crippen LogP contribution is -2.31. The first kappa shape index (κ1) is 11.1. The van der Waals surface area contributed by atoms with Crippen molar-refractivity contribution in [2.75, 3.05) is 6.54 Å². The summed E-state index contributed by atoms with van der Waals surface area (Å²) in [4.78, 5) is 9.04. The van der Waals surface area contributed by atoms with Crippen molar-refractivity contribution < 1.29 is 0 Å². The zero-order valence-corrected chi connectivity index (χ0v) is 9.68. The van der Waals surface area contributed by atoms with Crippen LogP contribution in [-0.4, -0.2) is 16.5 Å². The maximum absolute atomic E-state index is 5.73. The summed E-state index contributed by atoms with van der Waals surface area (Å²) in [6.07, 6.45) is 0. The third-order valence-electron chi connectivity index (χ3n) is 2.63. The number of hydrogen-bond acceptors (Lipinski definition) is 3. The van der Waals surface area contributed by atoms with E-state index >= 15 is 0 Å². The van der Waals surface area contributed by atoms with Crippen LogP contribution in [0.2, 0.25) is 0 Å². The summed E-state index contributed by atoms with van der Waals surface area (Å²) < 4.78 is 0. The van der Waals surface area contributed by atoms with Gasteiger partial charge in [-0.25, -0.2) is 0 Å². The molecule has 0 aliphatic heterocycles. The molecule has 0 aromatic carbocycles. The van der Waals surface area contributed by atoms with Gasteiger partial charge in [0.1, 0.15) is 0 Å². The molecule has 0 aliphatic rings. The van der Waals surface area contributed by atoms with E-state index in [1.165, 1.54) is 0 Å². The van der Waals surface area contributed by atoms with E-state index in [1.54, 1.807) is 0 Å². The Morgan fingerprint density at radius 3 is 2.00 bits per heavy atom. The molecule has 0 saturated heterocycles. The second kappa shape index (κ2) is 3.65. The van der Waals surface area contributed by atoms with Crippen molar-refractivity contribution in [2.45, 2.75) is 40.0 Å². The quantitative estimate of drug-likeness (QED) is 0.776. The third kappa shape index (κ3) is 1.93. The largest absolute Gasteiger partial charge is 0.330 e. The lowest BCUT2D eigenvalue weighted by atomic mass is 9.88. The second-order valence-electron chi connectivity index (χ2n) is 4.42. The molecule has 0 radical (unpaired) electrons. The zero-order chi connectivity index (χ0) is 10.9. The number of nitrogens with zero attached hydrogens (tertiary/aromatic N) is 2. The smallest absolute Gasteiger partial charge is 0.0688 e. The summed E-state index contributed by atoms with van der Waals surface area (Å²) >= 11 is 0. The van der Waals surface area contributed by atoms with Crippen LogP contribution in [0.5, 0.6) is 0 Å². The Bertz CT molecular complexity index is 343. The minimum Gasteiger partial charge on any atom is -0.330 e. The fourth-order valence-electron chi connectivity index (χ4n) is 1.45. The Morgan fingerprint density at radius 2 is 1.50 bits per heavy atom. The van der Waals surface area contributed by atoms with E-state index in [-0.39, 0.29) is 5.41 Å².